The summed E-state index contributed by atoms with van der Waals surface area (Å²) in [6, 6.07) is 4.91. The molecule has 106 valence electrons. The number of carbonyl (C=O) groups excluding carboxylic acids is 1. The molecule has 0 fully saturated rings. The number of hydrogen-bond acceptors (Lipinski definition) is 3. The maximum atomic E-state index is 13.3. The molecule has 1 amide bonds. The standard InChI is InChI=1S/C14H21FN2O2/c1-10-4-5-12(6-13(10)15)7-16-14(19)9-17(3)8-11(2)18/h4-6,11,18H,7-9H2,1-3H3,(H,16,19). The van der Waals surface area contributed by atoms with Gasteiger partial charge >= 0.3 is 0 Å². The van der Waals surface area contributed by atoms with Crippen molar-refractivity contribution in [3.05, 3.63) is 35.1 Å². The average Bonchev–Trinajstić information content (AvgIpc) is 2.29. The van der Waals surface area contributed by atoms with Crippen molar-refractivity contribution < 1.29 is 14.3 Å². The van der Waals surface area contributed by atoms with Crippen molar-refractivity contribution in [1.82, 2.24) is 10.2 Å². The van der Waals surface area contributed by atoms with Gasteiger partial charge < -0.3 is 10.4 Å². The second-order valence-electron chi connectivity index (χ2n) is 4.91. The maximum absolute atomic E-state index is 13.3. The molecule has 1 aromatic rings. The average molecular weight is 268 g/mol. The molecular weight excluding hydrogens is 247 g/mol. The zero-order valence-corrected chi connectivity index (χ0v) is 11.6. The molecule has 1 rings (SSSR count). The van der Waals surface area contributed by atoms with Crippen LogP contribution in [0.3, 0.4) is 0 Å². The summed E-state index contributed by atoms with van der Waals surface area (Å²) in [5.74, 6) is -0.415. The van der Waals surface area contributed by atoms with Crippen LogP contribution < -0.4 is 5.32 Å². The van der Waals surface area contributed by atoms with Crippen LogP contribution in [0.1, 0.15) is 18.1 Å². The molecule has 0 bridgehead atoms. The smallest absolute Gasteiger partial charge is 0.234 e. The first-order valence-corrected chi connectivity index (χ1v) is 6.27. The van der Waals surface area contributed by atoms with Gasteiger partial charge in [-0.25, -0.2) is 4.39 Å². The van der Waals surface area contributed by atoms with Gasteiger partial charge in [0, 0.05) is 13.1 Å². The molecule has 2 N–H and O–H groups in total. The first-order valence-electron chi connectivity index (χ1n) is 6.27. The fraction of sp³-hybridized carbons (Fsp3) is 0.500. The number of nitrogens with zero attached hydrogens (tertiary/aromatic N) is 1. The molecular formula is C14H21FN2O2. The minimum absolute atomic E-state index is 0.149. The summed E-state index contributed by atoms with van der Waals surface area (Å²) in [5.41, 5.74) is 1.32. The van der Waals surface area contributed by atoms with E-state index in [4.69, 9.17) is 0 Å². The highest BCUT2D eigenvalue weighted by molar-refractivity contribution is 5.77. The molecule has 19 heavy (non-hydrogen) atoms. The van der Waals surface area contributed by atoms with Crippen LogP contribution in [0.2, 0.25) is 0 Å². The number of likely N-dealkylation sites (N-methyl/N-ethyl adjacent to an activating group) is 1. The minimum Gasteiger partial charge on any atom is -0.392 e. The number of aryl methyl sites for hydroxylation is 1. The van der Waals surface area contributed by atoms with Crippen LogP contribution in [0.25, 0.3) is 0 Å². The summed E-state index contributed by atoms with van der Waals surface area (Å²) < 4.78 is 13.3. The SMILES string of the molecule is Cc1ccc(CNC(=O)CN(C)CC(C)O)cc1F. The number of aliphatic hydroxyl groups is 1. The summed E-state index contributed by atoms with van der Waals surface area (Å²) in [6.45, 7) is 4.32. The van der Waals surface area contributed by atoms with Crippen molar-refractivity contribution >= 4 is 5.91 Å². The van der Waals surface area contributed by atoms with E-state index in [1.54, 1.807) is 37.9 Å². The van der Waals surface area contributed by atoms with Crippen LogP contribution >= 0.6 is 0 Å². The Bertz CT molecular complexity index is 435. The molecule has 0 saturated carbocycles. The van der Waals surface area contributed by atoms with Gasteiger partial charge in [-0.2, -0.15) is 0 Å². The third-order valence-electron chi connectivity index (χ3n) is 2.72. The van der Waals surface area contributed by atoms with Crippen molar-refractivity contribution in [2.75, 3.05) is 20.1 Å². The quantitative estimate of drug-likeness (QED) is 0.811. The topological polar surface area (TPSA) is 52.6 Å². The summed E-state index contributed by atoms with van der Waals surface area (Å²) >= 11 is 0. The Labute approximate surface area is 113 Å². The summed E-state index contributed by atoms with van der Waals surface area (Å²) in [5, 5.41) is 11.9. The van der Waals surface area contributed by atoms with Gasteiger partial charge in [0.15, 0.2) is 0 Å². The van der Waals surface area contributed by atoms with Gasteiger partial charge in [0.05, 0.1) is 12.6 Å². The van der Waals surface area contributed by atoms with E-state index in [0.29, 0.717) is 18.7 Å². The Kier molecular flexibility index (Phi) is 5.92. The lowest BCUT2D eigenvalue weighted by Gasteiger charge is -2.17. The number of benzene rings is 1. The largest absolute Gasteiger partial charge is 0.392 e. The second kappa shape index (κ2) is 7.21. The van der Waals surface area contributed by atoms with Gasteiger partial charge in [0.25, 0.3) is 0 Å². The van der Waals surface area contributed by atoms with Gasteiger partial charge in [0.1, 0.15) is 5.82 Å². The Morgan fingerprint density at radius 2 is 2.21 bits per heavy atom. The lowest BCUT2D eigenvalue weighted by molar-refractivity contribution is -0.122. The predicted octanol–water partition coefficient (Wildman–Crippen LogP) is 1.06. The molecule has 0 spiro atoms. The summed E-state index contributed by atoms with van der Waals surface area (Å²) in [6.07, 6.45) is -0.469. The Morgan fingerprint density at radius 3 is 2.79 bits per heavy atom. The molecule has 0 aliphatic heterocycles. The molecule has 0 radical (unpaired) electrons. The van der Waals surface area contributed by atoms with Crippen LogP contribution in [0, 0.1) is 12.7 Å². The number of nitrogens with one attached hydrogen (secondary N) is 1. The van der Waals surface area contributed by atoms with Gasteiger partial charge in [-0.1, -0.05) is 12.1 Å². The van der Waals surface area contributed by atoms with Crippen molar-refractivity contribution in [2.45, 2.75) is 26.5 Å². The van der Waals surface area contributed by atoms with Crippen LogP contribution in [-0.2, 0) is 11.3 Å². The molecule has 1 aromatic carbocycles. The van der Waals surface area contributed by atoms with Crippen LogP contribution in [-0.4, -0.2) is 42.2 Å². The number of rotatable bonds is 6. The molecule has 5 heteroatoms. The first-order chi connectivity index (χ1) is 8.88. The van der Waals surface area contributed by atoms with Gasteiger partial charge in [-0.15, -0.1) is 0 Å². The van der Waals surface area contributed by atoms with Crippen LogP contribution in [0.4, 0.5) is 4.39 Å². The third-order valence-corrected chi connectivity index (χ3v) is 2.72. The summed E-state index contributed by atoms with van der Waals surface area (Å²) in [4.78, 5) is 13.4. The molecule has 1 unspecified atom stereocenters. The Hall–Kier alpha value is -1.46. The predicted molar refractivity (Wildman–Crippen MR) is 72.2 cm³/mol. The zero-order valence-electron chi connectivity index (χ0n) is 11.6. The van der Waals surface area contributed by atoms with E-state index >= 15 is 0 Å². The van der Waals surface area contributed by atoms with Crippen molar-refractivity contribution in [1.29, 1.82) is 0 Å². The van der Waals surface area contributed by atoms with E-state index in [9.17, 15) is 14.3 Å². The highest BCUT2D eigenvalue weighted by atomic mass is 19.1. The lowest BCUT2D eigenvalue weighted by atomic mass is 10.1. The number of carbonyl (C=O) groups is 1. The summed E-state index contributed by atoms with van der Waals surface area (Å²) in [7, 11) is 1.76. The third kappa shape index (κ3) is 5.81. The molecule has 1 atom stereocenters. The Morgan fingerprint density at radius 1 is 1.53 bits per heavy atom. The first kappa shape index (κ1) is 15.6. The van der Waals surface area contributed by atoms with E-state index in [1.165, 1.54) is 6.07 Å². The fourth-order valence-corrected chi connectivity index (χ4v) is 1.76. The molecule has 0 aliphatic rings. The number of aliphatic hydroxyl groups excluding tert-OH is 1. The minimum atomic E-state index is -0.469. The highest BCUT2D eigenvalue weighted by Crippen LogP contribution is 2.08. The van der Waals surface area contributed by atoms with Crippen molar-refractivity contribution in [3.8, 4) is 0 Å². The van der Waals surface area contributed by atoms with E-state index in [1.807, 2.05) is 0 Å². The molecule has 0 aliphatic carbocycles. The maximum Gasteiger partial charge on any atom is 0.234 e. The van der Waals surface area contributed by atoms with E-state index in [2.05, 4.69) is 5.32 Å². The van der Waals surface area contributed by atoms with E-state index < -0.39 is 6.10 Å². The van der Waals surface area contributed by atoms with Gasteiger partial charge in [0.2, 0.25) is 5.91 Å². The highest BCUT2D eigenvalue weighted by Gasteiger charge is 2.08. The monoisotopic (exact) mass is 268 g/mol. The number of hydrogen-bond donors (Lipinski definition) is 2. The number of amides is 1. The van der Waals surface area contributed by atoms with Crippen LogP contribution in [0.5, 0.6) is 0 Å². The fourth-order valence-electron chi connectivity index (χ4n) is 1.76. The van der Waals surface area contributed by atoms with Gasteiger partial charge in [-0.05, 0) is 38.1 Å². The van der Waals surface area contributed by atoms with Crippen LogP contribution in [0.15, 0.2) is 18.2 Å². The molecule has 0 aromatic heterocycles. The Balaban J connectivity index is 2.39. The zero-order chi connectivity index (χ0) is 14.4. The molecule has 0 saturated heterocycles. The van der Waals surface area contributed by atoms with E-state index in [0.717, 1.165) is 5.56 Å². The number of halogens is 1. The van der Waals surface area contributed by atoms with E-state index in [-0.39, 0.29) is 18.3 Å². The second-order valence-corrected chi connectivity index (χ2v) is 4.91. The van der Waals surface area contributed by atoms with Crippen molar-refractivity contribution in [2.24, 2.45) is 0 Å². The molecule has 4 nitrogen and oxygen atoms in total. The van der Waals surface area contributed by atoms with Gasteiger partial charge in [-0.3, -0.25) is 9.69 Å². The lowest BCUT2D eigenvalue weighted by Crippen LogP contribution is -2.37. The normalized spacial score (nSPS) is 12.5. The molecule has 0 heterocycles. The van der Waals surface area contributed by atoms with Crippen molar-refractivity contribution in [3.63, 3.8) is 0 Å².